The smallest absolute Gasteiger partial charge is 0.305 e. The number of hydrazine groups is 1. The third kappa shape index (κ3) is 5.37. The summed E-state index contributed by atoms with van der Waals surface area (Å²) in [6, 6.07) is 6.01. The number of carboxylic acids is 1. The number of carbonyl (C=O) groups excluding carboxylic acids is 1. The number of rotatable bonds is 8. The first-order valence-corrected chi connectivity index (χ1v) is 11.3. The van der Waals surface area contributed by atoms with Gasteiger partial charge >= 0.3 is 5.97 Å². The van der Waals surface area contributed by atoms with Crippen LogP contribution in [0.4, 0.5) is 4.39 Å². The highest BCUT2D eigenvalue weighted by Gasteiger charge is 2.40. The van der Waals surface area contributed by atoms with Crippen LogP contribution >= 0.6 is 12.6 Å². The zero-order valence-corrected chi connectivity index (χ0v) is 18.2. The molecule has 2 unspecified atom stereocenters. The van der Waals surface area contributed by atoms with Crippen LogP contribution in [0.25, 0.3) is 0 Å². The molecule has 1 aromatic rings. The van der Waals surface area contributed by atoms with E-state index in [4.69, 9.17) is 17.7 Å². The Balaban J connectivity index is 1.53. The molecule has 2 heterocycles. The molecule has 2 fully saturated rings. The van der Waals surface area contributed by atoms with Gasteiger partial charge in [-0.2, -0.15) is 12.6 Å². The molecule has 1 saturated carbocycles. The zero-order valence-electron chi connectivity index (χ0n) is 17.3. The lowest BCUT2D eigenvalue weighted by molar-refractivity contribution is -0.137. The third-order valence-corrected chi connectivity index (χ3v) is 6.65. The Hall–Kier alpha value is -2.16. The number of hydrogen-bond donors (Lipinski definition) is 3. The summed E-state index contributed by atoms with van der Waals surface area (Å²) in [4.78, 5) is 26.0. The zero-order chi connectivity index (χ0) is 22.0. The molecule has 2 atom stereocenters. The van der Waals surface area contributed by atoms with Crippen LogP contribution in [0.5, 0.6) is 0 Å². The minimum absolute atomic E-state index is 0.0373. The minimum Gasteiger partial charge on any atom is -0.481 e. The first kappa shape index (κ1) is 22.0. The van der Waals surface area contributed by atoms with E-state index in [0.29, 0.717) is 31.7 Å². The van der Waals surface area contributed by atoms with Crippen LogP contribution in [-0.2, 0) is 9.59 Å². The standard InChI is InChI=1S/C23H28FN3O3S/c24-19-4-2-1-3-18(19)22(23(30)16-5-6-16)26-9-7-20(31)17(14-26)11-15-12-25-27(13-15)10-8-21(28)29/h1-4,11,13,16,20,22,25,31H,5-10,12,14H2,(H,28,29)/b17-11+. The molecule has 0 spiro atoms. The molecule has 166 valence electrons. The molecule has 0 bridgehead atoms. The summed E-state index contributed by atoms with van der Waals surface area (Å²) in [5.74, 6) is -1.02. The molecule has 1 saturated heterocycles. The van der Waals surface area contributed by atoms with Crippen LogP contribution in [0.3, 0.4) is 0 Å². The van der Waals surface area contributed by atoms with E-state index in [0.717, 1.165) is 30.4 Å². The number of piperidine rings is 1. The van der Waals surface area contributed by atoms with Crippen LogP contribution in [0, 0.1) is 11.7 Å². The summed E-state index contributed by atoms with van der Waals surface area (Å²) < 4.78 is 14.6. The average molecular weight is 446 g/mol. The number of nitrogens with zero attached hydrogens (tertiary/aromatic N) is 2. The number of nitrogens with one attached hydrogen (secondary N) is 1. The van der Waals surface area contributed by atoms with E-state index in [1.54, 1.807) is 23.2 Å². The fraction of sp³-hybridized carbons (Fsp3) is 0.478. The predicted molar refractivity (Wildman–Crippen MR) is 119 cm³/mol. The molecule has 8 heteroatoms. The van der Waals surface area contributed by atoms with E-state index in [2.05, 4.69) is 16.4 Å². The van der Waals surface area contributed by atoms with Gasteiger partial charge in [0.1, 0.15) is 5.82 Å². The van der Waals surface area contributed by atoms with Crippen molar-refractivity contribution in [2.45, 2.75) is 37.0 Å². The van der Waals surface area contributed by atoms with Crippen molar-refractivity contribution in [3.8, 4) is 0 Å². The van der Waals surface area contributed by atoms with E-state index in [1.165, 1.54) is 6.07 Å². The highest BCUT2D eigenvalue weighted by molar-refractivity contribution is 7.81. The minimum atomic E-state index is -0.833. The summed E-state index contributed by atoms with van der Waals surface area (Å²) in [6.45, 7) is 2.24. The number of aliphatic carboxylic acids is 1. The van der Waals surface area contributed by atoms with E-state index in [-0.39, 0.29) is 29.2 Å². The maximum absolute atomic E-state index is 14.6. The van der Waals surface area contributed by atoms with Gasteiger partial charge in [0.25, 0.3) is 0 Å². The monoisotopic (exact) mass is 445 g/mol. The number of ketones is 1. The van der Waals surface area contributed by atoms with Crippen molar-refractivity contribution >= 4 is 24.4 Å². The second-order valence-electron chi connectivity index (χ2n) is 8.47. The van der Waals surface area contributed by atoms with Gasteiger partial charge in [-0.05, 0) is 36.5 Å². The van der Waals surface area contributed by atoms with E-state index in [1.807, 2.05) is 6.20 Å². The van der Waals surface area contributed by atoms with Crippen LogP contribution < -0.4 is 5.43 Å². The third-order valence-electron chi connectivity index (χ3n) is 6.06. The molecule has 0 amide bonds. The van der Waals surface area contributed by atoms with Crippen molar-refractivity contribution < 1.29 is 19.1 Å². The van der Waals surface area contributed by atoms with Crippen LogP contribution in [0.1, 0.15) is 37.3 Å². The number of benzene rings is 1. The largest absolute Gasteiger partial charge is 0.481 e. The Morgan fingerprint density at radius 1 is 1.29 bits per heavy atom. The Kier molecular flexibility index (Phi) is 6.79. The fourth-order valence-electron chi connectivity index (χ4n) is 4.24. The second kappa shape index (κ2) is 9.54. The Labute approximate surface area is 187 Å². The van der Waals surface area contributed by atoms with Gasteiger partial charge in [-0.3, -0.25) is 14.5 Å². The van der Waals surface area contributed by atoms with E-state index < -0.39 is 12.0 Å². The van der Waals surface area contributed by atoms with Crippen molar-refractivity contribution in [2.24, 2.45) is 5.92 Å². The molecule has 3 aliphatic rings. The topological polar surface area (TPSA) is 72.9 Å². The number of hydrogen-bond acceptors (Lipinski definition) is 6. The molecule has 2 N–H and O–H groups in total. The van der Waals surface area contributed by atoms with Gasteiger partial charge in [0, 0.05) is 49.1 Å². The van der Waals surface area contributed by atoms with E-state index in [9.17, 15) is 14.0 Å². The number of halogens is 1. The molecule has 1 aliphatic carbocycles. The molecule has 31 heavy (non-hydrogen) atoms. The van der Waals surface area contributed by atoms with Gasteiger partial charge in [0.2, 0.25) is 0 Å². The van der Waals surface area contributed by atoms with Gasteiger partial charge in [-0.1, -0.05) is 24.3 Å². The highest BCUT2D eigenvalue weighted by Crippen LogP contribution is 2.39. The molecule has 4 rings (SSSR count). The lowest BCUT2D eigenvalue weighted by Gasteiger charge is -2.37. The van der Waals surface area contributed by atoms with Gasteiger partial charge in [-0.25, -0.2) is 9.82 Å². The summed E-state index contributed by atoms with van der Waals surface area (Å²) in [7, 11) is 0. The van der Waals surface area contributed by atoms with Gasteiger partial charge < -0.3 is 10.1 Å². The lowest BCUT2D eigenvalue weighted by atomic mass is 9.93. The van der Waals surface area contributed by atoms with E-state index >= 15 is 0 Å². The summed E-state index contributed by atoms with van der Waals surface area (Å²) in [5.41, 5.74) is 5.75. The molecule has 0 radical (unpaired) electrons. The molecule has 2 aliphatic heterocycles. The van der Waals surface area contributed by atoms with Crippen LogP contribution in [0.2, 0.25) is 0 Å². The first-order chi connectivity index (χ1) is 14.9. The van der Waals surface area contributed by atoms with Crippen molar-refractivity contribution in [2.75, 3.05) is 26.2 Å². The SMILES string of the molecule is O=C(O)CCN1C=C(/C=C2\CN(C(C(=O)C3CC3)c3ccccc3F)CCC2S)CN1. The first-order valence-electron chi connectivity index (χ1n) is 10.8. The Morgan fingerprint density at radius 2 is 2.06 bits per heavy atom. The summed E-state index contributed by atoms with van der Waals surface area (Å²) in [5, 5.41) is 10.7. The number of thiol groups is 1. The van der Waals surface area contributed by atoms with Crippen LogP contribution in [-0.4, -0.2) is 58.2 Å². The fourth-order valence-corrected chi connectivity index (χ4v) is 4.51. The summed E-state index contributed by atoms with van der Waals surface area (Å²) in [6.07, 6.45) is 6.61. The average Bonchev–Trinajstić information content (AvgIpc) is 3.50. The molecular formula is C23H28FN3O3S. The molecule has 1 aromatic carbocycles. The second-order valence-corrected chi connectivity index (χ2v) is 9.09. The normalized spacial score (nSPS) is 24.3. The molecular weight excluding hydrogens is 417 g/mol. The number of likely N-dealkylation sites (tertiary alicyclic amines) is 1. The Morgan fingerprint density at radius 3 is 2.77 bits per heavy atom. The predicted octanol–water partition coefficient (Wildman–Crippen LogP) is 2.96. The maximum atomic E-state index is 14.6. The van der Waals surface area contributed by atoms with Gasteiger partial charge in [-0.15, -0.1) is 0 Å². The van der Waals surface area contributed by atoms with Gasteiger partial charge in [0.05, 0.1) is 12.5 Å². The quantitative estimate of drug-likeness (QED) is 0.535. The number of carboxylic acid groups (broad SMARTS) is 1. The van der Waals surface area contributed by atoms with Gasteiger partial charge in [0.15, 0.2) is 5.78 Å². The number of carbonyl (C=O) groups is 2. The van der Waals surface area contributed by atoms with Crippen molar-refractivity contribution in [3.05, 3.63) is 59.1 Å². The van der Waals surface area contributed by atoms with Crippen molar-refractivity contribution in [3.63, 3.8) is 0 Å². The highest BCUT2D eigenvalue weighted by atomic mass is 32.1. The van der Waals surface area contributed by atoms with Crippen molar-refractivity contribution in [1.82, 2.24) is 15.3 Å². The Bertz CT molecular complexity index is 915. The molecule has 0 aromatic heterocycles. The lowest BCUT2D eigenvalue weighted by Crippen LogP contribution is -2.42. The van der Waals surface area contributed by atoms with Crippen molar-refractivity contribution in [1.29, 1.82) is 0 Å². The number of Topliss-reactive ketones (excluding diaryl/α,β-unsaturated/α-hetero) is 1. The molecule has 6 nitrogen and oxygen atoms in total. The summed E-state index contributed by atoms with van der Waals surface area (Å²) >= 11 is 4.75. The van der Waals surface area contributed by atoms with Crippen LogP contribution in [0.15, 0.2) is 47.7 Å². The maximum Gasteiger partial charge on any atom is 0.305 e.